The maximum Gasteiger partial charge on any atom is 0.267 e. The summed E-state index contributed by atoms with van der Waals surface area (Å²) in [6.45, 7) is 2.61. The van der Waals surface area contributed by atoms with Crippen molar-refractivity contribution in [3.05, 3.63) is 59.9 Å². The first-order chi connectivity index (χ1) is 13.6. The predicted molar refractivity (Wildman–Crippen MR) is 104 cm³/mol. The SMILES string of the molecule is COc1cccc(C2=NOC(C(=O)N3CCN(c4ccc(F)cc4)CC3)C2)c1. The van der Waals surface area contributed by atoms with Crippen LogP contribution in [0.4, 0.5) is 10.1 Å². The molecule has 1 fully saturated rings. The fraction of sp³-hybridized carbons (Fsp3) is 0.333. The number of halogens is 1. The zero-order valence-electron chi connectivity index (χ0n) is 15.7. The lowest BCUT2D eigenvalue weighted by atomic mass is 10.0. The quantitative estimate of drug-likeness (QED) is 0.815. The van der Waals surface area contributed by atoms with Gasteiger partial charge in [-0.05, 0) is 36.4 Å². The van der Waals surface area contributed by atoms with E-state index in [1.807, 2.05) is 29.2 Å². The number of hydrogen-bond donors (Lipinski definition) is 0. The number of benzene rings is 2. The molecule has 0 aromatic heterocycles. The third-order valence-electron chi connectivity index (χ3n) is 5.13. The van der Waals surface area contributed by atoms with Gasteiger partial charge in [-0.2, -0.15) is 0 Å². The van der Waals surface area contributed by atoms with Crippen molar-refractivity contribution in [2.45, 2.75) is 12.5 Å². The molecule has 6 nitrogen and oxygen atoms in total. The monoisotopic (exact) mass is 383 g/mol. The Morgan fingerprint density at radius 3 is 2.61 bits per heavy atom. The van der Waals surface area contributed by atoms with Crippen LogP contribution in [0, 0.1) is 5.82 Å². The van der Waals surface area contributed by atoms with Crippen LogP contribution in [0.3, 0.4) is 0 Å². The van der Waals surface area contributed by atoms with E-state index in [-0.39, 0.29) is 11.7 Å². The molecule has 0 radical (unpaired) electrons. The molecule has 0 saturated carbocycles. The molecule has 0 spiro atoms. The van der Waals surface area contributed by atoms with Crippen molar-refractivity contribution in [3.8, 4) is 5.75 Å². The van der Waals surface area contributed by atoms with Gasteiger partial charge in [0.25, 0.3) is 5.91 Å². The summed E-state index contributed by atoms with van der Waals surface area (Å²) in [5.41, 5.74) is 2.62. The molecule has 2 heterocycles. The van der Waals surface area contributed by atoms with Crippen LogP contribution in [0.15, 0.2) is 53.7 Å². The van der Waals surface area contributed by atoms with E-state index in [2.05, 4.69) is 10.1 Å². The number of ether oxygens (including phenoxy) is 1. The van der Waals surface area contributed by atoms with Gasteiger partial charge in [0.15, 0.2) is 0 Å². The number of nitrogens with zero attached hydrogens (tertiary/aromatic N) is 3. The molecule has 1 saturated heterocycles. The van der Waals surface area contributed by atoms with Gasteiger partial charge in [0.1, 0.15) is 11.6 Å². The lowest BCUT2D eigenvalue weighted by Gasteiger charge is -2.36. The third-order valence-corrected chi connectivity index (χ3v) is 5.13. The van der Waals surface area contributed by atoms with Crippen LogP contribution in [0.2, 0.25) is 0 Å². The molecular weight excluding hydrogens is 361 g/mol. The Balaban J connectivity index is 1.33. The van der Waals surface area contributed by atoms with E-state index in [1.165, 1.54) is 12.1 Å². The van der Waals surface area contributed by atoms with Crippen molar-refractivity contribution in [1.82, 2.24) is 4.90 Å². The summed E-state index contributed by atoms with van der Waals surface area (Å²) >= 11 is 0. The molecule has 4 rings (SSSR count). The van der Waals surface area contributed by atoms with Crippen LogP contribution in [0.25, 0.3) is 0 Å². The van der Waals surface area contributed by atoms with E-state index < -0.39 is 6.10 Å². The van der Waals surface area contributed by atoms with Crippen molar-refractivity contribution < 1.29 is 18.8 Å². The molecule has 2 aliphatic heterocycles. The topological polar surface area (TPSA) is 54.4 Å². The van der Waals surface area contributed by atoms with Gasteiger partial charge < -0.3 is 19.4 Å². The summed E-state index contributed by atoms with van der Waals surface area (Å²) < 4.78 is 18.3. The number of hydrogen-bond acceptors (Lipinski definition) is 5. The van der Waals surface area contributed by atoms with E-state index >= 15 is 0 Å². The highest BCUT2D eigenvalue weighted by molar-refractivity contribution is 6.04. The highest BCUT2D eigenvalue weighted by atomic mass is 19.1. The van der Waals surface area contributed by atoms with Crippen molar-refractivity contribution >= 4 is 17.3 Å². The Labute approximate surface area is 163 Å². The predicted octanol–water partition coefficient (Wildman–Crippen LogP) is 2.68. The molecular formula is C21H22FN3O3. The first-order valence-corrected chi connectivity index (χ1v) is 9.30. The number of anilines is 1. The maximum absolute atomic E-state index is 13.1. The summed E-state index contributed by atoms with van der Waals surface area (Å²) in [6.07, 6.45) is -0.136. The first-order valence-electron chi connectivity index (χ1n) is 9.30. The number of oxime groups is 1. The van der Waals surface area contributed by atoms with Crippen molar-refractivity contribution in [3.63, 3.8) is 0 Å². The standard InChI is InChI=1S/C21H22FN3O3/c1-27-18-4-2-3-15(13-18)19-14-20(28-23-19)21(26)25-11-9-24(10-12-25)17-7-5-16(22)6-8-17/h2-8,13,20H,9-12,14H2,1H3. The summed E-state index contributed by atoms with van der Waals surface area (Å²) in [5.74, 6) is 0.454. The van der Waals surface area contributed by atoms with Gasteiger partial charge >= 0.3 is 0 Å². The average Bonchev–Trinajstić information content (AvgIpc) is 3.24. The van der Waals surface area contributed by atoms with Gasteiger partial charge in [-0.1, -0.05) is 17.3 Å². The second kappa shape index (κ2) is 7.88. The Morgan fingerprint density at radius 1 is 1.14 bits per heavy atom. The Bertz CT molecular complexity index is 877. The molecule has 1 amide bonds. The van der Waals surface area contributed by atoms with E-state index in [1.54, 1.807) is 19.2 Å². The zero-order valence-corrected chi connectivity index (χ0v) is 15.7. The molecule has 2 aromatic rings. The van der Waals surface area contributed by atoms with Crippen LogP contribution in [-0.2, 0) is 9.63 Å². The lowest BCUT2D eigenvalue weighted by Crippen LogP contribution is -2.51. The molecule has 2 aromatic carbocycles. The maximum atomic E-state index is 13.1. The van der Waals surface area contributed by atoms with E-state index in [0.717, 1.165) is 22.7 Å². The number of carbonyl (C=O) groups is 1. The Morgan fingerprint density at radius 2 is 1.89 bits per heavy atom. The minimum Gasteiger partial charge on any atom is -0.497 e. The first kappa shape index (κ1) is 18.3. The second-order valence-electron chi connectivity index (χ2n) is 6.86. The minimum absolute atomic E-state index is 0.0413. The third kappa shape index (κ3) is 3.78. The fourth-order valence-corrected chi connectivity index (χ4v) is 3.52. The second-order valence-corrected chi connectivity index (χ2v) is 6.86. The smallest absolute Gasteiger partial charge is 0.267 e. The van der Waals surface area contributed by atoms with Crippen LogP contribution in [0.1, 0.15) is 12.0 Å². The Hall–Kier alpha value is -3.09. The van der Waals surface area contributed by atoms with Gasteiger partial charge in [-0.15, -0.1) is 0 Å². The van der Waals surface area contributed by atoms with Gasteiger partial charge in [0.2, 0.25) is 6.10 Å². The summed E-state index contributed by atoms with van der Waals surface area (Å²) in [7, 11) is 1.62. The molecule has 0 aliphatic carbocycles. The molecule has 0 bridgehead atoms. The largest absolute Gasteiger partial charge is 0.497 e. The molecule has 1 unspecified atom stereocenters. The molecule has 0 N–H and O–H groups in total. The normalized spacial score (nSPS) is 19.2. The van der Waals surface area contributed by atoms with Gasteiger partial charge in [-0.3, -0.25) is 4.79 Å². The number of amides is 1. The summed E-state index contributed by atoms with van der Waals surface area (Å²) in [4.78, 5) is 22.2. The fourth-order valence-electron chi connectivity index (χ4n) is 3.52. The van der Waals surface area contributed by atoms with Crippen LogP contribution in [0.5, 0.6) is 5.75 Å². The average molecular weight is 383 g/mol. The molecule has 28 heavy (non-hydrogen) atoms. The highest BCUT2D eigenvalue weighted by Gasteiger charge is 2.34. The van der Waals surface area contributed by atoms with Crippen molar-refractivity contribution in [2.24, 2.45) is 5.16 Å². The van der Waals surface area contributed by atoms with E-state index in [4.69, 9.17) is 9.57 Å². The van der Waals surface area contributed by atoms with Crippen LogP contribution >= 0.6 is 0 Å². The number of methoxy groups -OCH3 is 1. The van der Waals surface area contributed by atoms with Gasteiger partial charge in [0, 0.05) is 43.9 Å². The summed E-state index contributed by atoms with van der Waals surface area (Å²) in [6, 6.07) is 14.0. The number of carbonyl (C=O) groups excluding carboxylic acids is 1. The van der Waals surface area contributed by atoms with Crippen molar-refractivity contribution in [2.75, 3.05) is 38.2 Å². The van der Waals surface area contributed by atoms with Crippen LogP contribution in [-0.4, -0.2) is 55.9 Å². The molecule has 2 aliphatic rings. The zero-order chi connectivity index (χ0) is 19.5. The van der Waals surface area contributed by atoms with Gasteiger partial charge in [0.05, 0.1) is 12.8 Å². The molecule has 1 atom stereocenters. The highest BCUT2D eigenvalue weighted by Crippen LogP contribution is 2.23. The Kier molecular flexibility index (Phi) is 5.14. The molecule has 7 heteroatoms. The number of piperazine rings is 1. The van der Waals surface area contributed by atoms with Crippen LogP contribution < -0.4 is 9.64 Å². The van der Waals surface area contributed by atoms with E-state index in [0.29, 0.717) is 32.6 Å². The lowest BCUT2D eigenvalue weighted by molar-refractivity contribution is -0.142. The van der Waals surface area contributed by atoms with Gasteiger partial charge in [-0.25, -0.2) is 4.39 Å². The number of rotatable bonds is 4. The molecule has 146 valence electrons. The van der Waals surface area contributed by atoms with E-state index in [9.17, 15) is 9.18 Å². The minimum atomic E-state index is -0.585. The van der Waals surface area contributed by atoms with Crippen molar-refractivity contribution in [1.29, 1.82) is 0 Å². The summed E-state index contributed by atoms with van der Waals surface area (Å²) in [5, 5.41) is 4.12.